The number of aliphatic hydroxyl groups excluding tert-OH is 1. The summed E-state index contributed by atoms with van der Waals surface area (Å²) in [6, 6.07) is 0. The number of hydrogen-bond acceptors (Lipinski definition) is 6. The molecule has 41 heavy (non-hydrogen) atoms. The molecule has 1 aliphatic rings. The summed E-state index contributed by atoms with van der Waals surface area (Å²) in [5.41, 5.74) is 0. The van der Waals surface area contributed by atoms with E-state index in [4.69, 9.17) is 14.2 Å². The van der Waals surface area contributed by atoms with Crippen molar-refractivity contribution in [3.05, 3.63) is 12.2 Å². The fourth-order valence-corrected chi connectivity index (χ4v) is 5.16. The van der Waals surface area contributed by atoms with Gasteiger partial charge in [0, 0.05) is 12.8 Å². The Labute approximate surface area is 252 Å². The molecule has 1 rings (SSSR count). The van der Waals surface area contributed by atoms with E-state index >= 15 is 0 Å². The number of epoxide rings is 1. The molecule has 0 amide bonds. The largest absolute Gasteiger partial charge is 0.462 e. The van der Waals surface area contributed by atoms with Crippen molar-refractivity contribution in [3.8, 4) is 0 Å². The quantitative estimate of drug-likeness (QED) is 0.0411. The molecule has 0 aromatic heterocycles. The second-order valence-corrected chi connectivity index (χ2v) is 12.5. The second-order valence-electron chi connectivity index (χ2n) is 12.5. The van der Waals surface area contributed by atoms with Crippen molar-refractivity contribution in [1.82, 2.24) is 0 Å². The Hall–Kier alpha value is -1.40. The molecule has 0 radical (unpaired) electrons. The molecule has 1 aliphatic heterocycles. The number of unbranched alkanes of at least 4 members (excludes halogenated alkanes) is 14. The summed E-state index contributed by atoms with van der Waals surface area (Å²) >= 11 is 0. The molecule has 1 saturated heterocycles. The van der Waals surface area contributed by atoms with Crippen LogP contribution in [0, 0.1) is 5.92 Å². The standard InChI is InChI=1S/C35H64O6/c1-4-5-6-7-14-19-24-32-33(41-32)25-20-15-12-17-21-26-34(37)39-29-31(28-36)40-35(38)27-22-16-11-9-8-10-13-18-23-30(2)3/h14,19,30-33,36H,4-13,15-18,20-29H2,1-3H3/b19-14-/t31-,32?,33?/m0/s1. The number of rotatable bonds is 29. The van der Waals surface area contributed by atoms with Crippen LogP contribution < -0.4 is 0 Å². The molecule has 3 atom stereocenters. The van der Waals surface area contributed by atoms with Gasteiger partial charge in [0.2, 0.25) is 0 Å². The summed E-state index contributed by atoms with van der Waals surface area (Å²) in [5.74, 6) is 0.188. The molecule has 1 N–H and O–H groups in total. The summed E-state index contributed by atoms with van der Waals surface area (Å²) in [7, 11) is 0. The summed E-state index contributed by atoms with van der Waals surface area (Å²) < 4.78 is 16.3. The summed E-state index contributed by atoms with van der Waals surface area (Å²) in [6.07, 6.45) is 28.6. The van der Waals surface area contributed by atoms with Crippen LogP contribution in [-0.2, 0) is 23.8 Å². The lowest BCUT2D eigenvalue weighted by Crippen LogP contribution is -2.28. The zero-order chi connectivity index (χ0) is 30.0. The van der Waals surface area contributed by atoms with Gasteiger partial charge in [-0.2, -0.15) is 0 Å². The van der Waals surface area contributed by atoms with Crippen LogP contribution in [0.2, 0.25) is 0 Å². The predicted octanol–water partition coefficient (Wildman–Crippen LogP) is 9.02. The fourth-order valence-electron chi connectivity index (χ4n) is 5.16. The summed E-state index contributed by atoms with van der Waals surface area (Å²) in [5, 5.41) is 9.51. The predicted molar refractivity (Wildman–Crippen MR) is 168 cm³/mol. The Bertz CT molecular complexity index is 661. The summed E-state index contributed by atoms with van der Waals surface area (Å²) in [6.45, 7) is 6.38. The van der Waals surface area contributed by atoms with Gasteiger partial charge in [0.15, 0.2) is 6.10 Å². The lowest BCUT2D eigenvalue weighted by molar-refractivity contribution is -0.161. The average Bonchev–Trinajstić information content (AvgIpc) is 3.71. The topological polar surface area (TPSA) is 85.4 Å². The molecule has 6 nitrogen and oxygen atoms in total. The average molecular weight is 581 g/mol. The van der Waals surface area contributed by atoms with E-state index in [2.05, 4.69) is 32.9 Å². The first-order valence-electron chi connectivity index (χ1n) is 17.2. The molecule has 0 saturated carbocycles. The van der Waals surface area contributed by atoms with Crippen LogP contribution in [0.4, 0.5) is 0 Å². The Morgan fingerprint density at radius 2 is 1.37 bits per heavy atom. The molecule has 240 valence electrons. The van der Waals surface area contributed by atoms with E-state index in [0.717, 1.165) is 63.7 Å². The van der Waals surface area contributed by atoms with Gasteiger partial charge < -0.3 is 19.3 Å². The molecule has 2 unspecified atom stereocenters. The van der Waals surface area contributed by atoms with Crippen LogP contribution in [0.15, 0.2) is 12.2 Å². The lowest BCUT2D eigenvalue weighted by atomic mass is 10.0. The summed E-state index contributed by atoms with van der Waals surface area (Å²) in [4.78, 5) is 24.1. The maximum absolute atomic E-state index is 12.1. The monoisotopic (exact) mass is 580 g/mol. The second kappa shape index (κ2) is 26.2. The smallest absolute Gasteiger partial charge is 0.306 e. The molecule has 1 heterocycles. The fraction of sp³-hybridized carbons (Fsp3) is 0.886. The molecule has 1 fully saturated rings. The Balaban J connectivity index is 1.91. The Morgan fingerprint density at radius 1 is 0.756 bits per heavy atom. The first kappa shape index (κ1) is 37.6. The Morgan fingerprint density at radius 3 is 2.00 bits per heavy atom. The molecule has 0 aliphatic carbocycles. The van der Waals surface area contributed by atoms with Crippen molar-refractivity contribution < 1.29 is 28.9 Å². The third-order valence-corrected chi connectivity index (χ3v) is 7.91. The van der Waals surface area contributed by atoms with E-state index in [0.29, 0.717) is 25.0 Å². The van der Waals surface area contributed by atoms with Gasteiger partial charge in [-0.05, 0) is 44.4 Å². The van der Waals surface area contributed by atoms with Gasteiger partial charge in [-0.1, -0.05) is 123 Å². The minimum atomic E-state index is -0.776. The first-order chi connectivity index (χ1) is 20.0. The normalized spacial score (nSPS) is 17.3. The minimum Gasteiger partial charge on any atom is -0.462 e. The van der Waals surface area contributed by atoms with E-state index in [9.17, 15) is 14.7 Å². The highest BCUT2D eigenvalue weighted by molar-refractivity contribution is 5.70. The molecular weight excluding hydrogens is 516 g/mol. The van der Waals surface area contributed by atoms with Crippen molar-refractivity contribution >= 4 is 11.9 Å². The number of ether oxygens (including phenoxy) is 3. The molecule has 0 bridgehead atoms. The zero-order valence-corrected chi connectivity index (χ0v) is 26.9. The van der Waals surface area contributed by atoms with E-state index in [1.165, 1.54) is 70.6 Å². The van der Waals surface area contributed by atoms with Crippen molar-refractivity contribution in [2.45, 2.75) is 180 Å². The van der Waals surface area contributed by atoms with Crippen molar-refractivity contribution in [2.75, 3.05) is 13.2 Å². The number of carbonyl (C=O) groups is 2. The lowest BCUT2D eigenvalue weighted by Gasteiger charge is -2.15. The Kier molecular flexibility index (Phi) is 24.1. The van der Waals surface area contributed by atoms with Crippen LogP contribution >= 0.6 is 0 Å². The highest BCUT2D eigenvalue weighted by Crippen LogP contribution is 2.30. The number of hydrogen-bond donors (Lipinski definition) is 1. The SMILES string of the molecule is CCCCC/C=C\CC1OC1CCCCCCCC(=O)OC[C@H](CO)OC(=O)CCCCCCCCCCC(C)C. The van der Waals surface area contributed by atoms with Crippen molar-refractivity contribution in [2.24, 2.45) is 5.92 Å². The van der Waals surface area contributed by atoms with Crippen LogP contribution in [0.3, 0.4) is 0 Å². The zero-order valence-electron chi connectivity index (χ0n) is 26.9. The van der Waals surface area contributed by atoms with Gasteiger partial charge in [-0.15, -0.1) is 0 Å². The minimum absolute atomic E-state index is 0.0750. The maximum atomic E-state index is 12.1. The third-order valence-electron chi connectivity index (χ3n) is 7.91. The first-order valence-corrected chi connectivity index (χ1v) is 17.2. The van der Waals surface area contributed by atoms with Crippen molar-refractivity contribution in [3.63, 3.8) is 0 Å². The molecule has 0 aromatic carbocycles. The molecule has 0 spiro atoms. The van der Waals surface area contributed by atoms with Crippen LogP contribution in [-0.4, -0.2) is 48.6 Å². The van der Waals surface area contributed by atoms with Gasteiger partial charge in [0.05, 0.1) is 18.8 Å². The number of carbonyl (C=O) groups excluding carboxylic acids is 2. The highest BCUT2D eigenvalue weighted by atomic mass is 16.6. The van der Waals surface area contributed by atoms with Crippen LogP contribution in [0.1, 0.15) is 162 Å². The van der Waals surface area contributed by atoms with E-state index in [-0.39, 0.29) is 25.2 Å². The van der Waals surface area contributed by atoms with Crippen molar-refractivity contribution in [1.29, 1.82) is 0 Å². The number of aliphatic hydroxyl groups is 1. The van der Waals surface area contributed by atoms with Crippen LogP contribution in [0.5, 0.6) is 0 Å². The number of allylic oxidation sites excluding steroid dienone is 1. The van der Waals surface area contributed by atoms with Gasteiger partial charge in [-0.25, -0.2) is 0 Å². The highest BCUT2D eigenvalue weighted by Gasteiger charge is 2.36. The van der Waals surface area contributed by atoms with Gasteiger partial charge >= 0.3 is 11.9 Å². The van der Waals surface area contributed by atoms with Crippen LogP contribution in [0.25, 0.3) is 0 Å². The van der Waals surface area contributed by atoms with Gasteiger partial charge in [0.25, 0.3) is 0 Å². The molecule has 0 aromatic rings. The number of esters is 2. The molecular formula is C35H64O6. The molecule has 6 heteroatoms. The van der Waals surface area contributed by atoms with E-state index in [1.807, 2.05) is 0 Å². The maximum Gasteiger partial charge on any atom is 0.306 e. The third kappa shape index (κ3) is 23.8. The van der Waals surface area contributed by atoms with E-state index in [1.54, 1.807) is 0 Å². The van der Waals surface area contributed by atoms with Gasteiger partial charge in [0.1, 0.15) is 6.61 Å². The van der Waals surface area contributed by atoms with Gasteiger partial charge in [-0.3, -0.25) is 9.59 Å². The van der Waals surface area contributed by atoms with E-state index < -0.39 is 6.10 Å².